The highest BCUT2D eigenvalue weighted by Crippen LogP contribution is 2.20. The second-order valence-electron chi connectivity index (χ2n) is 6.33. The Labute approximate surface area is 155 Å². The molecule has 2 aromatic carbocycles. The van der Waals surface area contributed by atoms with Gasteiger partial charge < -0.3 is 5.32 Å². The number of rotatable bonds is 7. The third-order valence-electron chi connectivity index (χ3n) is 4.03. The Morgan fingerprint density at radius 1 is 1.04 bits per heavy atom. The number of carbonyl (C=O) groups excluding carboxylic acids is 1. The lowest BCUT2D eigenvalue weighted by atomic mass is 10.1. The monoisotopic (exact) mass is 375 g/mol. The number of aryl methyl sites for hydroxylation is 1. The van der Waals surface area contributed by atoms with Crippen molar-refractivity contribution in [2.75, 3.05) is 24.9 Å². The van der Waals surface area contributed by atoms with Crippen molar-refractivity contribution in [2.45, 2.75) is 19.9 Å². The predicted octanol–water partition coefficient (Wildman–Crippen LogP) is 2.49. The fourth-order valence-corrected chi connectivity index (χ4v) is 3.52. The molecule has 2 rings (SSSR count). The minimum absolute atomic E-state index is 0.217. The Balaban J connectivity index is 2.21. The van der Waals surface area contributed by atoms with Crippen molar-refractivity contribution in [3.63, 3.8) is 0 Å². The van der Waals surface area contributed by atoms with Gasteiger partial charge in [-0.05, 0) is 31.5 Å². The van der Waals surface area contributed by atoms with Gasteiger partial charge in [-0.2, -0.15) is 12.7 Å². The molecule has 2 aromatic rings. The largest absolute Gasteiger partial charge is 0.348 e. The number of anilines is 1. The fourth-order valence-electron chi connectivity index (χ4n) is 2.46. The van der Waals surface area contributed by atoms with Crippen molar-refractivity contribution in [3.8, 4) is 0 Å². The maximum Gasteiger partial charge on any atom is 0.304 e. The SMILES string of the molecule is Cc1ccc(N(CC(=O)N[C@H](C)c2ccccc2)S(=O)(=O)N(C)C)cc1. The van der Waals surface area contributed by atoms with Crippen molar-refractivity contribution in [2.24, 2.45) is 0 Å². The van der Waals surface area contributed by atoms with Gasteiger partial charge in [0.15, 0.2) is 0 Å². The van der Waals surface area contributed by atoms with Crippen LogP contribution in [0.15, 0.2) is 54.6 Å². The Morgan fingerprint density at radius 2 is 1.62 bits per heavy atom. The molecule has 0 unspecified atom stereocenters. The molecule has 0 bridgehead atoms. The molecule has 0 aliphatic rings. The van der Waals surface area contributed by atoms with Gasteiger partial charge in [-0.1, -0.05) is 48.0 Å². The summed E-state index contributed by atoms with van der Waals surface area (Å²) in [5.74, 6) is -0.368. The van der Waals surface area contributed by atoms with Crippen LogP contribution in [0, 0.1) is 6.92 Å². The van der Waals surface area contributed by atoms with Gasteiger partial charge in [-0.25, -0.2) is 4.31 Å². The van der Waals surface area contributed by atoms with E-state index in [1.165, 1.54) is 14.1 Å². The summed E-state index contributed by atoms with van der Waals surface area (Å²) in [7, 11) is -0.904. The van der Waals surface area contributed by atoms with Gasteiger partial charge in [0.05, 0.1) is 11.7 Å². The quantitative estimate of drug-likeness (QED) is 0.808. The first-order valence-electron chi connectivity index (χ1n) is 8.33. The Hall–Kier alpha value is -2.38. The van der Waals surface area contributed by atoms with E-state index in [-0.39, 0.29) is 18.5 Å². The van der Waals surface area contributed by atoms with Gasteiger partial charge in [0.1, 0.15) is 6.54 Å². The summed E-state index contributed by atoms with van der Waals surface area (Å²) in [6.45, 7) is 3.49. The summed E-state index contributed by atoms with van der Waals surface area (Å²) in [4.78, 5) is 12.5. The van der Waals surface area contributed by atoms with Gasteiger partial charge >= 0.3 is 10.2 Å². The Kier molecular flexibility index (Phi) is 6.39. The first-order chi connectivity index (χ1) is 12.2. The Morgan fingerprint density at radius 3 is 2.15 bits per heavy atom. The molecule has 0 radical (unpaired) electrons. The molecule has 0 fully saturated rings. The van der Waals surface area contributed by atoms with Crippen LogP contribution < -0.4 is 9.62 Å². The molecule has 0 aliphatic heterocycles. The molecular weight excluding hydrogens is 350 g/mol. The van der Waals surface area contributed by atoms with Gasteiger partial charge in [0.25, 0.3) is 0 Å². The van der Waals surface area contributed by atoms with Crippen LogP contribution in [-0.2, 0) is 15.0 Å². The summed E-state index contributed by atoms with van der Waals surface area (Å²) < 4.78 is 27.6. The van der Waals surface area contributed by atoms with E-state index in [4.69, 9.17) is 0 Å². The van der Waals surface area contributed by atoms with E-state index >= 15 is 0 Å². The number of benzene rings is 2. The lowest BCUT2D eigenvalue weighted by Gasteiger charge is -2.27. The number of nitrogens with one attached hydrogen (secondary N) is 1. The van der Waals surface area contributed by atoms with E-state index in [9.17, 15) is 13.2 Å². The average molecular weight is 375 g/mol. The summed E-state index contributed by atoms with van der Waals surface area (Å²) in [6.07, 6.45) is 0. The van der Waals surface area contributed by atoms with Crippen LogP contribution in [0.4, 0.5) is 5.69 Å². The second-order valence-corrected chi connectivity index (χ2v) is 8.40. The van der Waals surface area contributed by atoms with E-state index in [0.717, 1.165) is 19.7 Å². The van der Waals surface area contributed by atoms with E-state index < -0.39 is 10.2 Å². The second kappa shape index (κ2) is 8.33. The third kappa shape index (κ3) is 4.83. The fraction of sp³-hybridized carbons (Fsp3) is 0.316. The molecule has 1 atom stereocenters. The third-order valence-corrected chi connectivity index (χ3v) is 5.85. The molecule has 0 heterocycles. The Bertz CT molecular complexity index is 834. The minimum atomic E-state index is -3.79. The zero-order valence-corrected chi connectivity index (χ0v) is 16.3. The molecule has 7 heteroatoms. The number of nitrogens with zero attached hydrogens (tertiary/aromatic N) is 2. The maximum atomic E-state index is 12.7. The normalized spacial score (nSPS) is 12.7. The molecule has 6 nitrogen and oxygen atoms in total. The van der Waals surface area contributed by atoms with E-state index in [0.29, 0.717) is 5.69 Å². The summed E-state index contributed by atoms with van der Waals surface area (Å²) in [5, 5.41) is 2.86. The number of hydrogen-bond donors (Lipinski definition) is 1. The zero-order chi connectivity index (χ0) is 19.3. The van der Waals surface area contributed by atoms with E-state index in [1.807, 2.05) is 56.3 Å². The van der Waals surface area contributed by atoms with E-state index in [1.54, 1.807) is 12.1 Å². The van der Waals surface area contributed by atoms with Crippen LogP contribution in [-0.4, -0.2) is 39.3 Å². The van der Waals surface area contributed by atoms with Crippen LogP contribution in [0.25, 0.3) is 0 Å². The molecule has 0 aliphatic carbocycles. The number of hydrogen-bond acceptors (Lipinski definition) is 3. The van der Waals surface area contributed by atoms with Gasteiger partial charge in [-0.15, -0.1) is 0 Å². The summed E-state index contributed by atoms with van der Waals surface area (Å²) in [5.41, 5.74) is 2.42. The lowest BCUT2D eigenvalue weighted by Crippen LogP contribution is -2.46. The molecule has 0 aromatic heterocycles. The standard InChI is InChI=1S/C19H25N3O3S/c1-15-10-12-18(13-11-15)22(26(24,25)21(3)4)14-19(23)20-16(2)17-8-6-5-7-9-17/h5-13,16H,14H2,1-4H3,(H,20,23)/t16-/m1/s1. The maximum absolute atomic E-state index is 12.7. The van der Waals surface area contributed by atoms with Crippen molar-refractivity contribution < 1.29 is 13.2 Å². The zero-order valence-electron chi connectivity index (χ0n) is 15.5. The van der Waals surface area contributed by atoms with Crippen LogP contribution >= 0.6 is 0 Å². The molecule has 26 heavy (non-hydrogen) atoms. The summed E-state index contributed by atoms with van der Waals surface area (Å²) in [6, 6.07) is 16.3. The first-order valence-corrected chi connectivity index (χ1v) is 9.72. The van der Waals surface area contributed by atoms with Gasteiger partial charge in [-0.3, -0.25) is 4.79 Å². The smallest absolute Gasteiger partial charge is 0.304 e. The highest BCUT2D eigenvalue weighted by Gasteiger charge is 2.27. The lowest BCUT2D eigenvalue weighted by molar-refractivity contribution is -0.120. The van der Waals surface area contributed by atoms with Crippen LogP contribution in [0.3, 0.4) is 0 Å². The number of amides is 1. The molecule has 140 valence electrons. The van der Waals surface area contributed by atoms with Crippen molar-refractivity contribution in [1.29, 1.82) is 0 Å². The van der Waals surface area contributed by atoms with Crippen molar-refractivity contribution >= 4 is 21.8 Å². The summed E-state index contributed by atoms with van der Waals surface area (Å²) >= 11 is 0. The molecular formula is C19H25N3O3S. The van der Waals surface area contributed by atoms with Gasteiger partial charge in [0.2, 0.25) is 5.91 Å². The molecule has 0 saturated carbocycles. The predicted molar refractivity (Wildman–Crippen MR) is 104 cm³/mol. The van der Waals surface area contributed by atoms with Crippen LogP contribution in [0.5, 0.6) is 0 Å². The minimum Gasteiger partial charge on any atom is -0.348 e. The topological polar surface area (TPSA) is 69.7 Å². The van der Waals surface area contributed by atoms with Crippen molar-refractivity contribution in [3.05, 3.63) is 65.7 Å². The molecule has 1 N–H and O–H groups in total. The first kappa shape index (κ1) is 19.9. The average Bonchev–Trinajstić information content (AvgIpc) is 2.61. The number of carbonyl (C=O) groups is 1. The van der Waals surface area contributed by atoms with E-state index in [2.05, 4.69) is 5.32 Å². The molecule has 0 saturated heterocycles. The molecule has 1 amide bonds. The van der Waals surface area contributed by atoms with Crippen molar-refractivity contribution in [1.82, 2.24) is 9.62 Å². The highest BCUT2D eigenvalue weighted by molar-refractivity contribution is 7.90. The van der Waals surface area contributed by atoms with Crippen LogP contribution in [0.2, 0.25) is 0 Å². The molecule has 0 spiro atoms. The van der Waals surface area contributed by atoms with Crippen LogP contribution in [0.1, 0.15) is 24.1 Å². The van der Waals surface area contributed by atoms with Gasteiger partial charge in [0, 0.05) is 14.1 Å². The highest BCUT2D eigenvalue weighted by atomic mass is 32.2.